The average molecular weight is 469 g/mol. The molecule has 33 heavy (non-hydrogen) atoms. The van der Waals surface area contributed by atoms with Gasteiger partial charge in [0.2, 0.25) is 0 Å². The maximum Gasteiger partial charge on any atom is 0.281 e. The third-order valence-electron chi connectivity index (χ3n) is 6.28. The highest BCUT2D eigenvalue weighted by Gasteiger charge is 2.31. The van der Waals surface area contributed by atoms with E-state index in [1.165, 1.54) is 20.9 Å². The molecule has 1 fully saturated rings. The van der Waals surface area contributed by atoms with Crippen molar-refractivity contribution in [1.82, 2.24) is 23.6 Å². The van der Waals surface area contributed by atoms with E-state index < -0.39 is 10.2 Å². The number of anilines is 1. The summed E-state index contributed by atoms with van der Waals surface area (Å²) >= 11 is 0. The minimum atomic E-state index is -3.40. The minimum Gasteiger partial charge on any atom is -0.367 e. The Labute approximate surface area is 192 Å². The molecule has 3 aromatic rings. The Morgan fingerprint density at radius 3 is 2.61 bits per heavy atom. The van der Waals surface area contributed by atoms with Crippen molar-refractivity contribution >= 4 is 16.0 Å². The Balaban J connectivity index is 1.40. The molecular formula is C23H25FN6O2S. The van der Waals surface area contributed by atoms with Crippen molar-refractivity contribution in [1.29, 1.82) is 0 Å². The zero-order valence-corrected chi connectivity index (χ0v) is 19.3. The molecule has 1 N–H and O–H groups in total. The van der Waals surface area contributed by atoms with Gasteiger partial charge in [0.05, 0.1) is 11.9 Å². The number of pyridine rings is 1. The molecule has 5 rings (SSSR count). The lowest BCUT2D eigenvalue weighted by Gasteiger charge is -2.33. The standard InChI is InChI=1S/C23H25FN6O2S/c1-29(2)33(31,32)30-7-5-19(6-8-30)28-23-22-20-10-15(17-9-18(24)13-25-12-17)3-4-16(20)11-21(22)26-14-27-23/h3-4,9-10,12-14,19H,5-8,11H2,1-2H3,(H,26,27,28). The number of benzene rings is 1. The highest BCUT2D eigenvalue weighted by molar-refractivity contribution is 7.86. The SMILES string of the molecule is CN(C)S(=O)(=O)N1CCC(Nc2ncnc3c2-c2cc(-c4cncc(F)c4)ccc2C3)CC1. The summed E-state index contributed by atoms with van der Waals surface area (Å²) in [4.78, 5) is 13.0. The van der Waals surface area contributed by atoms with E-state index in [1.54, 1.807) is 26.6 Å². The fourth-order valence-electron chi connectivity index (χ4n) is 4.50. The average Bonchev–Trinajstić information content (AvgIpc) is 3.18. The maximum atomic E-state index is 13.7. The third-order valence-corrected chi connectivity index (χ3v) is 8.22. The molecule has 2 aromatic heterocycles. The number of fused-ring (bicyclic) bond motifs is 3. The van der Waals surface area contributed by atoms with E-state index in [0.29, 0.717) is 37.9 Å². The van der Waals surface area contributed by atoms with E-state index in [0.717, 1.165) is 33.8 Å². The van der Waals surface area contributed by atoms with Crippen LogP contribution in [0.25, 0.3) is 22.3 Å². The van der Waals surface area contributed by atoms with Crippen LogP contribution in [0.3, 0.4) is 0 Å². The van der Waals surface area contributed by atoms with Crippen LogP contribution in [0.4, 0.5) is 10.2 Å². The van der Waals surface area contributed by atoms with Gasteiger partial charge >= 0.3 is 0 Å². The lowest BCUT2D eigenvalue weighted by Crippen LogP contribution is -2.46. The molecule has 2 aliphatic rings. The van der Waals surface area contributed by atoms with Crippen LogP contribution >= 0.6 is 0 Å². The smallest absolute Gasteiger partial charge is 0.281 e. The van der Waals surface area contributed by atoms with Crippen LogP contribution in [0.2, 0.25) is 0 Å². The molecule has 0 saturated carbocycles. The Kier molecular flexibility index (Phi) is 5.59. The Morgan fingerprint density at radius 1 is 1.09 bits per heavy atom. The van der Waals surface area contributed by atoms with Crippen molar-refractivity contribution in [3.8, 4) is 22.3 Å². The van der Waals surface area contributed by atoms with Gasteiger partial charge in [0.25, 0.3) is 10.2 Å². The van der Waals surface area contributed by atoms with Gasteiger partial charge in [-0.15, -0.1) is 0 Å². The number of hydrogen-bond acceptors (Lipinski definition) is 6. The number of rotatable bonds is 5. The first-order valence-electron chi connectivity index (χ1n) is 10.8. The molecule has 8 nitrogen and oxygen atoms in total. The molecule has 0 bridgehead atoms. The van der Waals surface area contributed by atoms with Gasteiger partial charge in [-0.05, 0) is 41.7 Å². The lowest BCUT2D eigenvalue weighted by atomic mass is 9.99. The summed E-state index contributed by atoms with van der Waals surface area (Å²) in [6.45, 7) is 0.914. The molecule has 1 aliphatic heterocycles. The minimum absolute atomic E-state index is 0.109. The summed E-state index contributed by atoms with van der Waals surface area (Å²) in [5, 5.41) is 3.53. The van der Waals surface area contributed by atoms with E-state index in [4.69, 9.17) is 0 Å². The summed E-state index contributed by atoms with van der Waals surface area (Å²) in [6.07, 6.45) is 6.49. The molecule has 10 heteroatoms. The first-order valence-corrected chi connectivity index (χ1v) is 12.2. The topological polar surface area (TPSA) is 91.3 Å². The van der Waals surface area contributed by atoms with Crippen LogP contribution in [-0.4, -0.2) is 65.2 Å². The van der Waals surface area contributed by atoms with Crippen LogP contribution in [0.1, 0.15) is 24.1 Å². The van der Waals surface area contributed by atoms with Gasteiger partial charge in [0.1, 0.15) is 18.0 Å². The molecule has 0 atom stereocenters. The van der Waals surface area contributed by atoms with Gasteiger partial charge < -0.3 is 5.32 Å². The first-order chi connectivity index (χ1) is 15.8. The van der Waals surface area contributed by atoms with Gasteiger partial charge in [-0.1, -0.05) is 12.1 Å². The number of halogens is 1. The number of hydrogen-bond donors (Lipinski definition) is 1. The van der Waals surface area contributed by atoms with Gasteiger partial charge in [-0.25, -0.2) is 14.4 Å². The predicted octanol–water partition coefficient (Wildman–Crippen LogP) is 2.93. The summed E-state index contributed by atoms with van der Waals surface area (Å²) in [5.41, 5.74) is 5.68. The van der Waals surface area contributed by atoms with Gasteiger partial charge in [0, 0.05) is 57.0 Å². The van der Waals surface area contributed by atoms with Crippen LogP contribution in [0.5, 0.6) is 0 Å². The second kappa shape index (κ2) is 8.44. The second-order valence-corrected chi connectivity index (χ2v) is 10.7. The van der Waals surface area contributed by atoms with Crippen molar-refractivity contribution in [2.45, 2.75) is 25.3 Å². The summed E-state index contributed by atoms with van der Waals surface area (Å²) in [6, 6.07) is 7.64. The van der Waals surface area contributed by atoms with Crippen molar-refractivity contribution in [3.05, 3.63) is 60.1 Å². The van der Waals surface area contributed by atoms with Crippen molar-refractivity contribution in [3.63, 3.8) is 0 Å². The van der Waals surface area contributed by atoms with E-state index in [1.807, 2.05) is 18.2 Å². The maximum absolute atomic E-state index is 13.7. The number of nitrogens with one attached hydrogen (secondary N) is 1. The van der Waals surface area contributed by atoms with Crippen LogP contribution in [0, 0.1) is 5.82 Å². The molecule has 172 valence electrons. The predicted molar refractivity (Wildman–Crippen MR) is 124 cm³/mol. The number of aromatic nitrogens is 3. The molecule has 1 aromatic carbocycles. The highest BCUT2D eigenvalue weighted by Crippen LogP contribution is 2.41. The van der Waals surface area contributed by atoms with E-state index >= 15 is 0 Å². The molecule has 0 amide bonds. The normalized spacial score (nSPS) is 16.6. The van der Waals surface area contributed by atoms with Gasteiger partial charge in [-0.3, -0.25) is 4.98 Å². The second-order valence-electron chi connectivity index (χ2n) is 8.59. The number of nitrogens with zero attached hydrogens (tertiary/aromatic N) is 5. The highest BCUT2D eigenvalue weighted by atomic mass is 32.2. The van der Waals surface area contributed by atoms with Crippen LogP contribution in [-0.2, 0) is 16.6 Å². The molecule has 1 aliphatic carbocycles. The number of piperidine rings is 1. The largest absolute Gasteiger partial charge is 0.367 e. The fraction of sp³-hybridized carbons (Fsp3) is 0.348. The van der Waals surface area contributed by atoms with Crippen LogP contribution in [0.15, 0.2) is 43.0 Å². The quantitative estimate of drug-likeness (QED) is 0.484. The lowest BCUT2D eigenvalue weighted by molar-refractivity contribution is 0.311. The summed E-state index contributed by atoms with van der Waals surface area (Å²) in [5.74, 6) is 0.379. The third kappa shape index (κ3) is 4.09. The van der Waals surface area contributed by atoms with Gasteiger partial charge in [-0.2, -0.15) is 17.0 Å². The molecule has 0 spiro atoms. The van der Waals surface area contributed by atoms with E-state index in [-0.39, 0.29) is 11.9 Å². The zero-order chi connectivity index (χ0) is 23.2. The van der Waals surface area contributed by atoms with Crippen molar-refractivity contribution < 1.29 is 12.8 Å². The van der Waals surface area contributed by atoms with Gasteiger partial charge in [0.15, 0.2) is 0 Å². The van der Waals surface area contributed by atoms with E-state index in [9.17, 15) is 12.8 Å². The fourth-order valence-corrected chi connectivity index (χ4v) is 5.63. The summed E-state index contributed by atoms with van der Waals surface area (Å²) < 4.78 is 41.3. The van der Waals surface area contributed by atoms with Crippen molar-refractivity contribution in [2.24, 2.45) is 0 Å². The molecule has 3 heterocycles. The van der Waals surface area contributed by atoms with Crippen molar-refractivity contribution in [2.75, 3.05) is 32.5 Å². The zero-order valence-electron chi connectivity index (χ0n) is 18.5. The molecule has 0 unspecified atom stereocenters. The molecule has 1 saturated heterocycles. The molecule has 0 radical (unpaired) electrons. The Hall–Kier alpha value is -2.95. The monoisotopic (exact) mass is 468 g/mol. The first kappa shape index (κ1) is 21.9. The van der Waals surface area contributed by atoms with Crippen LogP contribution < -0.4 is 5.32 Å². The molecular weight excluding hydrogens is 443 g/mol. The van der Waals surface area contributed by atoms with E-state index in [2.05, 4.69) is 20.3 Å². The summed E-state index contributed by atoms with van der Waals surface area (Å²) in [7, 11) is -0.296. The Bertz CT molecular complexity index is 1310. The Morgan fingerprint density at radius 2 is 1.88 bits per heavy atom.